The molecule has 0 aromatic rings. The van der Waals surface area contributed by atoms with Gasteiger partial charge in [0.05, 0.1) is 30.8 Å². The van der Waals surface area contributed by atoms with E-state index in [-0.39, 0.29) is 5.57 Å². The summed E-state index contributed by atoms with van der Waals surface area (Å²) >= 11 is 0. The minimum absolute atomic E-state index is 0.242. The molecular weight excluding hydrogens is 240 g/mol. The second-order valence-corrected chi connectivity index (χ2v) is 2.68. The van der Waals surface area contributed by atoms with Crippen molar-refractivity contribution in [1.82, 2.24) is 0 Å². The van der Waals surface area contributed by atoms with Gasteiger partial charge in [0.1, 0.15) is 0 Å². The highest BCUT2D eigenvalue weighted by molar-refractivity contribution is 6.00. The maximum Gasteiger partial charge on any atom is 0.339 e. The quantitative estimate of drug-likeness (QED) is 0.294. The van der Waals surface area contributed by atoms with Crippen molar-refractivity contribution in [2.24, 2.45) is 0 Å². The van der Waals surface area contributed by atoms with E-state index in [4.69, 9.17) is 0 Å². The molecule has 96 valence electrons. The van der Waals surface area contributed by atoms with Crippen LogP contribution in [0.25, 0.3) is 0 Å². The van der Waals surface area contributed by atoms with Gasteiger partial charge in [0.25, 0.3) is 0 Å². The molecule has 0 aliphatic heterocycles. The fraction of sp³-hybridized carbons (Fsp3) is 0.0833. The lowest BCUT2D eigenvalue weighted by Gasteiger charge is -2.03. The third-order valence-corrected chi connectivity index (χ3v) is 1.49. The number of rotatable bonds is 7. The summed E-state index contributed by atoms with van der Waals surface area (Å²) in [7, 11) is 0. The van der Waals surface area contributed by atoms with Crippen LogP contribution < -0.4 is 0 Å². The van der Waals surface area contributed by atoms with E-state index >= 15 is 0 Å². The van der Waals surface area contributed by atoms with Crippen molar-refractivity contribution in [2.75, 3.05) is 0 Å². The molecule has 0 saturated carbocycles. The molecule has 0 aromatic carbocycles. The van der Waals surface area contributed by atoms with Gasteiger partial charge in [-0.1, -0.05) is 19.7 Å². The van der Waals surface area contributed by atoms with Gasteiger partial charge in [-0.2, -0.15) is 0 Å². The smallest absolute Gasteiger partial charge is 0.339 e. The molecule has 0 bridgehead atoms. The topological polar surface area (TPSA) is 78.9 Å². The van der Waals surface area contributed by atoms with E-state index in [1.165, 1.54) is 0 Å². The lowest BCUT2D eigenvalue weighted by atomic mass is 10.2. The maximum absolute atomic E-state index is 11.4. The van der Waals surface area contributed by atoms with Crippen LogP contribution in [0, 0.1) is 0 Å². The predicted octanol–water partition coefficient (Wildman–Crippen LogP) is 1.36. The van der Waals surface area contributed by atoms with Crippen LogP contribution in [-0.4, -0.2) is 17.9 Å². The van der Waals surface area contributed by atoms with Crippen molar-refractivity contribution in [1.29, 1.82) is 0 Å². The Morgan fingerprint density at radius 3 is 1.94 bits per heavy atom. The Balaban J connectivity index is 4.91. The van der Waals surface area contributed by atoms with Gasteiger partial charge in [-0.05, 0) is 0 Å². The van der Waals surface area contributed by atoms with Crippen molar-refractivity contribution >= 4 is 17.9 Å². The van der Waals surface area contributed by atoms with Gasteiger partial charge >= 0.3 is 17.9 Å². The summed E-state index contributed by atoms with van der Waals surface area (Å²) in [6.45, 7) is 9.53. The number of carbonyl (C=O) groups is 3. The van der Waals surface area contributed by atoms with Gasteiger partial charge in [0, 0.05) is 6.08 Å². The molecule has 0 spiro atoms. The Hall–Kier alpha value is -2.63. The third kappa shape index (κ3) is 6.06. The van der Waals surface area contributed by atoms with Crippen LogP contribution in [0.5, 0.6) is 0 Å². The maximum atomic E-state index is 11.4. The summed E-state index contributed by atoms with van der Waals surface area (Å²) in [5.74, 6) is -2.55. The van der Waals surface area contributed by atoms with E-state index in [0.717, 1.165) is 24.9 Å². The van der Waals surface area contributed by atoms with Gasteiger partial charge in [0.2, 0.25) is 0 Å². The minimum Gasteiger partial charge on any atom is -0.435 e. The van der Waals surface area contributed by atoms with E-state index in [0.29, 0.717) is 0 Å². The molecule has 18 heavy (non-hydrogen) atoms. The fourth-order valence-corrected chi connectivity index (χ4v) is 0.882. The molecule has 0 atom stereocenters. The molecule has 0 saturated heterocycles. The number of carbonyl (C=O) groups excluding carboxylic acids is 3. The molecule has 0 fully saturated rings. The normalized spacial score (nSPS) is 9.89. The summed E-state index contributed by atoms with van der Waals surface area (Å²) in [6.07, 6.45) is 2.99. The van der Waals surface area contributed by atoms with Crippen molar-refractivity contribution < 1.29 is 28.6 Å². The molecular formula is C12H12O6. The first-order valence-electron chi connectivity index (χ1n) is 4.69. The Kier molecular flexibility index (Phi) is 7.27. The second-order valence-electron chi connectivity index (χ2n) is 2.68. The van der Waals surface area contributed by atoms with Crippen LogP contribution >= 0.6 is 0 Å². The third-order valence-electron chi connectivity index (χ3n) is 1.49. The highest BCUT2D eigenvalue weighted by atomic mass is 16.5. The SMILES string of the molecule is C=COC(=O)/C=C(/CC(=O)OC=C)C(=O)OC=C. The summed E-state index contributed by atoms with van der Waals surface area (Å²) in [5, 5.41) is 0. The zero-order valence-electron chi connectivity index (χ0n) is 9.59. The summed E-state index contributed by atoms with van der Waals surface area (Å²) in [6, 6.07) is 0. The highest BCUT2D eigenvalue weighted by Crippen LogP contribution is 2.07. The lowest BCUT2D eigenvalue weighted by molar-refractivity contribution is -0.140. The molecule has 0 heterocycles. The number of esters is 3. The average Bonchev–Trinajstić information content (AvgIpc) is 2.29. The highest BCUT2D eigenvalue weighted by Gasteiger charge is 2.17. The molecule has 0 aromatic heterocycles. The molecule has 0 N–H and O–H groups in total. The second kappa shape index (κ2) is 8.51. The minimum atomic E-state index is -0.910. The number of hydrogen-bond donors (Lipinski definition) is 0. The monoisotopic (exact) mass is 252 g/mol. The summed E-state index contributed by atoms with van der Waals surface area (Å²) in [4.78, 5) is 33.7. The average molecular weight is 252 g/mol. The zero-order valence-corrected chi connectivity index (χ0v) is 9.59. The lowest BCUT2D eigenvalue weighted by Crippen LogP contribution is -2.12. The summed E-state index contributed by atoms with van der Waals surface area (Å²) < 4.78 is 13.3. The Morgan fingerprint density at radius 1 is 0.889 bits per heavy atom. The van der Waals surface area contributed by atoms with Crippen LogP contribution in [0.15, 0.2) is 50.2 Å². The molecule has 6 heteroatoms. The van der Waals surface area contributed by atoms with Gasteiger partial charge in [0.15, 0.2) is 0 Å². The Labute approximate surface area is 104 Å². The van der Waals surface area contributed by atoms with Crippen LogP contribution in [0.1, 0.15) is 6.42 Å². The van der Waals surface area contributed by atoms with Crippen LogP contribution in [0.4, 0.5) is 0 Å². The summed E-state index contributed by atoms with van der Waals surface area (Å²) in [5.41, 5.74) is -0.242. The first-order valence-corrected chi connectivity index (χ1v) is 4.69. The molecule has 6 nitrogen and oxygen atoms in total. The Bertz CT molecular complexity index is 405. The standard InChI is InChI=1S/C12H12O6/c1-4-16-10(13)7-9(12(15)18-6-3)8-11(14)17-5-2/h4-7H,1-3,8H2/b9-7-. The van der Waals surface area contributed by atoms with Gasteiger partial charge < -0.3 is 14.2 Å². The van der Waals surface area contributed by atoms with Crippen molar-refractivity contribution in [3.05, 3.63) is 50.2 Å². The predicted molar refractivity (Wildman–Crippen MR) is 61.6 cm³/mol. The van der Waals surface area contributed by atoms with Crippen molar-refractivity contribution in [3.63, 3.8) is 0 Å². The number of hydrogen-bond acceptors (Lipinski definition) is 6. The molecule has 0 unspecified atom stereocenters. The largest absolute Gasteiger partial charge is 0.435 e. The molecule has 0 rings (SSSR count). The van der Waals surface area contributed by atoms with Crippen LogP contribution in [0.3, 0.4) is 0 Å². The Morgan fingerprint density at radius 2 is 1.44 bits per heavy atom. The van der Waals surface area contributed by atoms with E-state index in [9.17, 15) is 14.4 Å². The van der Waals surface area contributed by atoms with E-state index in [2.05, 4.69) is 33.9 Å². The van der Waals surface area contributed by atoms with Crippen molar-refractivity contribution in [2.45, 2.75) is 6.42 Å². The van der Waals surface area contributed by atoms with Crippen LogP contribution in [0.2, 0.25) is 0 Å². The van der Waals surface area contributed by atoms with Crippen molar-refractivity contribution in [3.8, 4) is 0 Å². The number of ether oxygens (including phenoxy) is 3. The van der Waals surface area contributed by atoms with E-state index in [1.54, 1.807) is 0 Å². The van der Waals surface area contributed by atoms with Gasteiger partial charge in [-0.3, -0.25) is 4.79 Å². The van der Waals surface area contributed by atoms with Gasteiger partial charge in [-0.25, -0.2) is 9.59 Å². The van der Waals surface area contributed by atoms with E-state index < -0.39 is 24.3 Å². The van der Waals surface area contributed by atoms with E-state index in [1.807, 2.05) is 0 Å². The van der Waals surface area contributed by atoms with Crippen LogP contribution in [-0.2, 0) is 28.6 Å². The molecule has 0 aliphatic rings. The molecule has 0 radical (unpaired) electrons. The molecule has 0 amide bonds. The van der Waals surface area contributed by atoms with Gasteiger partial charge in [-0.15, -0.1) is 0 Å². The first kappa shape index (κ1) is 15.4. The fourth-order valence-electron chi connectivity index (χ4n) is 0.882. The first-order chi connectivity index (χ1) is 8.54. The molecule has 0 aliphatic carbocycles. The zero-order chi connectivity index (χ0) is 14.0.